The van der Waals surface area contributed by atoms with Gasteiger partial charge in [0.25, 0.3) is 0 Å². The van der Waals surface area contributed by atoms with Crippen LogP contribution in [0.2, 0.25) is 0 Å². The Bertz CT molecular complexity index is 499. The molecule has 2 aliphatic heterocycles. The summed E-state index contributed by atoms with van der Waals surface area (Å²) in [6.45, 7) is -0.445. The lowest BCUT2D eigenvalue weighted by molar-refractivity contribution is -0.373. The Kier molecular flexibility index (Phi) is 10.5. The van der Waals surface area contributed by atoms with Crippen molar-refractivity contribution in [2.24, 2.45) is 41.3 Å². The van der Waals surface area contributed by atoms with E-state index in [1.165, 1.54) is 0 Å². The van der Waals surface area contributed by atoms with Gasteiger partial charge in [-0.2, -0.15) is 0 Å². The van der Waals surface area contributed by atoms with Crippen LogP contribution in [-0.2, 0) is 48.1 Å². The number of hydrogen-bond acceptors (Lipinski definition) is 18. The molecule has 0 radical (unpaired) electrons. The Balaban J connectivity index is 2.31. The summed E-state index contributed by atoms with van der Waals surface area (Å²) in [7, 11) is 0. The minimum atomic E-state index is -1.54. The summed E-state index contributed by atoms with van der Waals surface area (Å²) in [6.07, 6.45) is -11.6. The Morgan fingerprint density at radius 3 is 1.50 bits per heavy atom. The van der Waals surface area contributed by atoms with Crippen molar-refractivity contribution in [3.05, 3.63) is 0 Å². The molecule has 2 saturated heterocycles. The molecule has 18 heteroatoms. The maximum absolute atomic E-state index is 10.1. The van der Waals surface area contributed by atoms with Crippen molar-refractivity contribution in [2.75, 3.05) is 13.2 Å². The van der Waals surface area contributed by atoms with Gasteiger partial charge in [-0.05, 0) is 0 Å². The highest BCUT2D eigenvalue weighted by Crippen LogP contribution is 2.32. The quantitative estimate of drug-likeness (QED) is 0.137. The number of aliphatic hydroxyl groups is 1. The predicted molar refractivity (Wildman–Crippen MR) is 90.0 cm³/mol. The first-order chi connectivity index (χ1) is 14.5. The number of nitrogens with two attached hydrogens (primary N) is 7. The Labute approximate surface area is 170 Å². The fourth-order valence-corrected chi connectivity index (χ4v) is 3.42. The van der Waals surface area contributed by atoms with Crippen LogP contribution in [-0.4, -0.2) is 79.7 Å². The number of rotatable bonds is 11. The van der Waals surface area contributed by atoms with Gasteiger partial charge >= 0.3 is 0 Å². The van der Waals surface area contributed by atoms with E-state index < -0.39 is 61.4 Å². The second-order valence-electron chi connectivity index (χ2n) is 6.38. The van der Waals surface area contributed by atoms with Crippen molar-refractivity contribution >= 4 is 0 Å². The zero-order chi connectivity index (χ0) is 22.3. The largest absolute Gasteiger partial charge is 0.366 e. The van der Waals surface area contributed by atoms with Crippen molar-refractivity contribution < 1.29 is 53.2 Å². The summed E-state index contributed by atoms with van der Waals surface area (Å²) in [6, 6.07) is 0. The Morgan fingerprint density at radius 2 is 1.03 bits per heavy atom. The highest BCUT2D eigenvalue weighted by molar-refractivity contribution is 4.96. The average molecular weight is 447 g/mol. The normalized spacial score (nSPS) is 42.4. The van der Waals surface area contributed by atoms with Crippen LogP contribution >= 0.6 is 0 Å². The fourth-order valence-electron chi connectivity index (χ4n) is 3.42. The van der Waals surface area contributed by atoms with Crippen molar-refractivity contribution in [1.29, 1.82) is 0 Å². The molecule has 2 aliphatic rings. The van der Waals surface area contributed by atoms with Crippen molar-refractivity contribution in [3.63, 3.8) is 0 Å². The molecule has 0 spiro atoms. The van der Waals surface area contributed by atoms with E-state index in [1.807, 2.05) is 0 Å². The summed E-state index contributed by atoms with van der Waals surface area (Å²) in [5.41, 5.74) is 0. The molecule has 10 atom stereocenters. The zero-order valence-electron chi connectivity index (χ0n) is 15.8. The summed E-state index contributed by atoms with van der Waals surface area (Å²) in [5, 5.41) is 10.1. The molecule has 30 heavy (non-hydrogen) atoms. The summed E-state index contributed by atoms with van der Waals surface area (Å²) in [4.78, 5) is 33.5. The van der Waals surface area contributed by atoms with Crippen LogP contribution < -0.4 is 41.3 Å². The average Bonchev–Trinajstić information content (AvgIpc) is 2.74. The van der Waals surface area contributed by atoms with Crippen molar-refractivity contribution in [2.45, 2.75) is 61.4 Å². The molecular formula is C12H29N7O11. The minimum Gasteiger partial charge on any atom is -0.366 e. The van der Waals surface area contributed by atoms with E-state index in [9.17, 15) is 5.11 Å². The van der Waals surface area contributed by atoms with Gasteiger partial charge in [0.15, 0.2) is 24.8 Å². The van der Waals surface area contributed by atoms with Gasteiger partial charge in [-0.3, -0.25) is 24.2 Å². The van der Waals surface area contributed by atoms with Crippen molar-refractivity contribution in [1.82, 2.24) is 0 Å². The Morgan fingerprint density at radius 1 is 0.567 bits per heavy atom. The number of hydrogen-bond donors (Lipinski definition) is 8. The fraction of sp³-hybridized carbons (Fsp3) is 1.00. The smallest absolute Gasteiger partial charge is 0.189 e. The van der Waals surface area contributed by atoms with Gasteiger partial charge in [-0.15, -0.1) is 0 Å². The lowest BCUT2D eigenvalue weighted by Crippen LogP contribution is -2.67. The molecule has 0 bridgehead atoms. The third kappa shape index (κ3) is 5.36. The molecule has 0 aromatic carbocycles. The second-order valence-corrected chi connectivity index (χ2v) is 6.38. The summed E-state index contributed by atoms with van der Waals surface area (Å²) >= 11 is 0. The highest BCUT2D eigenvalue weighted by atomic mass is 16.8. The molecule has 18 nitrogen and oxygen atoms in total. The van der Waals surface area contributed by atoms with E-state index in [-0.39, 0.29) is 13.2 Å². The molecule has 2 fully saturated rings. The van der Waals surface area contributed by atoms with Gasteiger partial charge in [-0.1, -0.05) is 0 Å². The molecule has 15 N–H and O–H groups in total. The van der Waals surface area contributed by atoms with Crippen LogP contribution in [0.15, 0.2) is 0 Å². The molecule has 178 valence electrons. The third-order valence-corrected chi connectivity index (χ3v) is 4.80. The van der Waals surface area contributed by atoms with E-state index in [0.29, 0.717) is 0 Å². The van der Waals surface area contributed by atoms with Crippen LogP contribution in [0.4, 0.5) is 0 Å². The van der Waals surface area contributed by atoms with E-state index >= 15 is 0 Å². The van der Waals surface area contributed by atoms with Crippen LogP contribution in [0.3, 0.4) is 0 Å². The lowest BCUT2D eigenvalue weighted by atomic mass is 9.96. The standard InChI is InChI=1S/C12H29N7O11/c13-21-1-3-5(7(27-16)9(29-18)11(20)23-3)25-12-10(30-19)8(28-17)6(26-15)4(24-12)2-22-14/h3-12,20H,1-2,13-19H2. The molecule has 2 heterocycles. The van der Waals surface area contributed by atoms with Gasteiger partial charge in [0, 0.05) is 0 Å². The third-order valence-electron chi connectivity index (χ3n) is 4.80. The molecule has 10 unspecified atom stereocenters. The summed E-state index contributed by atoms with van der Waals surface area (Å²) in [5.74, 6) is 36.8. The van der Waals surface area contributed by atoms with Crippen LogP contribution in [0, 0.1) is 0 Å². The molecule has 0 aromatic heterocycles. The first-order valence-electron chi connectivity index (χ1n) is 8.56. The summed E-state index contributed by atoms with van der Waals surface area (Å²) < 4.78 is 17.0. The van der Waals surface area contributed by atoms with Gasteiger partial charge < -0.3 is 29.0 Å². The second kappa shape index (κ2) is 12.4. The van der Waals surface area contributed by atoms with E-state index in [2.05, 4.69) is 9.68 Å². The van der Waals surface area contributed by atoms with Crippen LogP contribution in [0.5, 0.6) is 0 Å². The predicted octanol–water partition coefficient (Wildman–Crippen LogP) is -6.11. The number of ether oxygens (including phenoxy) is 3. The topological polar surface area (TPSA) is 295 Å². The van der Waals surface area contributed by atoms with E-state index in [1.54, 1.807) is 0 Å². The van der Waals surface area contributed by atoms with E-state index in [4.69, 9.17) is 79.7 Å². The zero-order valence-corrected chi connectivity index (χ0v) is 15.8. The lowest BCUT2D eigenvalue weighted by Gasteiger charge is -2.47. The molecule has 0 amide bonds. The van der Waals surface area contributed by atoms with Crippen molar-refractivity contribution in [3.8, 4) is 0 Å². The monoisotopic (exact) mass is 447 g/mol. The SMILES string of the molecule is NOCC1OC(O)C(ON)C(ON)C1OC1OC(CON)C(ON)C(ON)C1ON. The van der Waals surface area contributed by atoms with Gasteiger partial charge in [0.05, 0.1) is 13.2 Å². The molecule has 0 saturated carbocycles. The first kappa shape index (κ1) is 25.5. The van der Waals surface area contributed by atoms with Gasteiger partial charge in [0.1, 0.15) is 36.6 Å². The molecule has 0 aliphatic carbocycles. The van der Waals surface area contributed by atoms with Crippen LogP contribution in [0.25, 0.3) is 0 Å². The van der Waals surface area contributed by atoms with Crippen LogP contribution in [0.1, 0.15) is 0 Å². The maximum Gasteiger partial charge on any atom is 0.189 e. The highest BCUT2D eigenvalue weighted by Gasteiger charge is 2.54. The maximum atomic E-state index is 10.1. The Hall–Kier alpha value is -0.720. The first-order valence-corrected chi connectivity index (χ1v) is 8.56. The molecular weight excluding hydrogens is 418 g/mol. The van der Waals surface area contributed by atoms with E-state index in [0.717, 1.165) is 0 Å². The minimum absolute atomic E-state index is 0.195. The molecule has 2 rings (SSSR count). The number of aliphatic hydroxyl groups excluding tert-OH is 1. The van der Waals surface area contributed by atoms with Gasteiger partial charge in [0.2, 0.25) is 0 Å². The molecule has 0 aromatic rings. The van der Waals surface area contributed by atoms with Gasteiger partial charge in [-0.25, -0.2) is 41.3 Å².